The van der Waals surface area contributed by atoms with Crippen LogP contribution in [0, 0.1) is 0 Å². The third-order valence-electron chi connectivity index (χ3n) is 2.70. The van der Waals surface area contributed by atoms with Gasteiger partial charge in [0.05, 0.1) is 0 Å². The minimum Gasteiger partial charge on any atom is -0.314 e. The van der Waals surface area contributed by atoms with Gasteiger partial charge in [-0.3, -0.25) is 0 Å². The van der Waals surface area contributed by atoms with E-state index in [-0.39, 0.29) is 0 Å². The van der Waals surface area contributed by atoms with Crippen LogP contribution in [0.5, 0.6) is 0 Å². The van der Waals surface area contributed by atoms with Crippen LogP contribution < -0.4 is 5.32 Å². The zero-order valence-electron chi connectivity index (χ0n) is 10.7. The van der Waals surface area contributed by atoms with E-state index < -0.39 is 0 Å². The third kappa shape index (κ3) is 12.4. The van der Waals surface area contributed by atoms with Crippen molar-refractivity contribution >= 4 is 15.9 Å². The van der Waals surface area contributed by atoms with Crippen molar-refractivity contribution in [2.75, 3.05) is 6.54 Å². The van der Waals surface area contributed by atoms with Crippen molar-refractivity contribution < 1.29 is 0 Å². The van der Waals surface area contributed by atoms with E-state index in [1.165, 1.54) is 51.5 Å². The van der Waals surface area contributed by atoms with Gasteiger partial charge < -0.3 is 5.32 Å². The highest BCUT2D eigenvalue weighted by Gasteiger charge is 2.03. The molecule has 1 N–H and O–H groups in total. The van der Waals surface area contributed by atoms with Crippen LogP contribution in [0.3, 0.4) is 0 Å². The second kappa shape index (κ2) is 10.9. The van der Waals surface area contributed by atoms with Gasteiger partial charge in [-0.2, -0.15) is 0 Å². The Morgan fingerprint density at radius 3 is 2.20 bits per heavy atom. The summed E-state index contributed by atoms with van der Waals surface area (Å²) in [4.78, 5) is 0.629. The van der Waals surface area contributed by atoms with Gasteiger partial charge >= 0.3 is 0 Å². The van der Waals surface area contributed by atoms with Crippen LogP contribution in [0.15, 0.2) is 0 Å². The molecule has 1 nitrogen and oxygen atoms in total. The van der Waals surface area contributed by atoms with E-state index in [0.29, 0.717) is 10.9 Å². The molecule has 0 spiro atoms. The molecule has 0 aromatic carbocycles. The van der Waals surface area contributed by atoms with Crippen LogP contribution in [-0.4, -0.2) is 17.4 Å². The number of nitrogens with one attached hydrogen (secondary N) is 1. The number of hydrogen-bond acceptors (Lipinski definition) is 1. The Labute approximate surface area is 105 Å². The molecule has 2 atom stereocenters. The summed E-state index contributed by atoms with van der Waals surface area (Å²) in [6.45, 7) is 7.94. The number of alkyl halides is 1. The highest BCUT2D eigenvalue weighted by molar-refractivity contribution is 9.09. The minimum atomic E-state index is 0.629. The Kier molecular flexibility index (Phi) is 11.3. The molecule has 0 aromatic heterocycles. The lowest BCUT2D eigenvalue weighted by Crippen LogP contribution is -2.28. The van der Waals surface area contributed by atoms with Gasteiger partial charge in [-0.1, -0.05) is 61.9 Å². The predicted molar refractivity (Wildman–Crippen MR) is 73.8 cm³/mol. The topological polar surface area (TPSA) is 12.0 Å². The first kappa shape index (κ1) is 15.4. The maximum Gasteiger partial charge on any atom is 0.0132 e. The molecule has 2 unspecified atom stereocenters. The van der Waals surface area contributed by atoms with Crippen LogP contribution in [-0.2, 0) is 0 Å². The molecule has 0 fully saturated rings. The molecular formula is C13H28BrN. The Bertz CT molecular complexity index is 126. The van der Waals surface area contributed by atoms with Gasteiger partial charge in [-0.05, 0) is 26.3 Å². The minimum absolute atomic E-state index is 0.629. The lowest BCUT2D eigenvalue weighted by Gasteiger charge is -2.14. The average molecular weight is 278 g/mol. The van der Waals surface area contributed by atoms with E-state index in [4.69, 9.17) is 0 Å². The number of rotatable bonds is 10. The van der Waals surface area contributed by atoms with Gasteiger partial charge in [0.15, 0.2) is 0 Å². The normalized spacial score (nSPS) is 15.2. The Hall–Kier alpha value is 0.440. The van der Waals surface area contributed by atoms with E-state index in [2.05, 4.69) is 42.0 Å². The van der Waals surface area contributed by atoms with Crippen LogP contribution in [0.2, 0.25) is 0 Å². The average Bonchev–Trinajstić information content (AvgIpc) is 2.15. The fraction of sp³-hybridized carbons (Fsp3) is 1.00. The summed E-state index contributed by atoms with van der Waals surface area (Å²) in [6, 6.07) is 0.648. The highest BCUT2D eigenvalue weighted by atomic mass is 79.9. The van der Waals surface area contributed by atoms with Gasteiger partial charge in [0.1, 0.15) is 0 Å². The molecule has 0 aliphatic heterocycles. The molecule has 0 saturated carbocycles. The van der Waals surface area contributed by atoms with Gasteiger partial charge in [-0.15, -0.1) is 0 Å². The fourth-order valence-corrected chi connectivity index (χ4v) is 2.39. The van der Waals surface area contributed by atoms with Gasteiger partial charge in [0.25, 0.3) is 0 Å². The smallest absolute Gasteiger partial charge is 0.0132 e. The standard InChI is InChI=1S/C13H28BrN/c1-4-5-6-7-8-9-10-15-13(3)11-12(2)14/h12-13,15H,4-11H2,1-3H3. The first-order chi connectivity index (χ1) is 7.16. The van der Waals surface area contributed by atoms with E-state index in [9.17, 15) is 0 Å². The van der Waals surface area contributed by atoms with E-state index in [0.717, 1.165) is 0 Å². The molecular weight excluding hydrogens is 250 g/mol. The Morgan fingerprint density at radius 1 is 1.00 bits per heavy atom. The Morgan fingerprint density at radius 2 is 1.60 bits per heavy atom. The fourth-order valence-electron chi connectivity index (χ4n) is 1.82. The summed E-state index contributed by atoms with van der Waals surface area (Å²) in [5, 5.41) is 3.57. The summed E-state index contributed by atoms with van der Waals surface area (Å²) in [6.07, 6.45) is 9.54. The largest absolute Gasteiger partial charge is 0.314 e. The summed E-state index contributed by atoms with van der Waals surface area (Å²) < 4.78 is 0. The summed E-state index contributed by atoms with van der Waals surface area (Å²) in [5.74, 6) is 0. The number of halogens is 1. The predicted octanol–water partition coefficient (Wildman–Crippen LogP) is 4.50. The van der Waals surface area contributed by atoms with Crippen molar-refractivity contribution in [1.29, 1.82) is 0 Å². The van der Waals surface area contributed by atoms with Crippen LogP contribution in [0.1, 0.15) is 65.7 Å². The molecule has 92 valence electrons. The van der Waals surface area contributed by atoms with Gasteiger partial charge in [0.2, 0.25) is 0 Å². The van der Waals surface area contributed by atoms with E-state index >= 15 is 0 Å². The molecule has 0 heterocycles. The summed E-state index contributed by atoms with van der Waals surface area (Å²) in [7, 11) is 0. The highest BCUT2D eigenvalue weighted by Crippen LogP contribution is 2.07. The van der Waals surface area contributed by atoms with Crippen LogP contribution in [0.4, 0.5) is 0 Å². The van der Waals surface area contributed by atoms with Crippen molar-refractivity contribution in [2.45, 2.75) is 76.6 Å². The molecule has 0 radical (unpaired) electrons. The summed E-state index contributed by atoms with van der Waals surface area (Å²) in [5.41, 5.74) is 0. The second-order valence-corrected chi connectivity index (χ2v) is 6.20. The van der Waals surface area contributed by atoms with E-state index in [1.807, 2.05) is 0 Å². The maximum absolute atomic E-state index is 3.59. The van der Waals surface area contributed by atoms with Crippen LogP contribution in [0.25, 0.3) is 0 Å². The van der Waals surface area contributed by atoms with Crippen molar-refractivity contribution in [2.24, 2.45) is 0 Å². The molecule has 0 bridgehead atoms. The van der Waals surface area contributed by atoms with Crippen molar-refractivity contribution in [3.8, 4) is 0 Å². The zero-order valence-corrected chi connectivity index (χ0v) is 12.3. The lowest BCUT2D eigenvalue weighted by atomic mass is 10.1. The van der Waals surface area contributed by atoms with Crippen LogP contribution >= 0.6 is 15.9 Å². The molecule has 0 amide bonds. The van der Waals surface area contributed by atoms with E-state index in [1.54, 1.807) is 0 Å². The molecule has 0 rings (SSSR count). The molecule has 15 heavy (non-hydrogen) atoms. The first-order valence-corrected chi connectivity index (χ1v) is 7.45. The first-order valence-electron chi connectivity index (χ1n) is 6.54. The van der Waals surface area contributed by atoms with Gasteiger partial charge in [-0.25, -0.2) is 0 Å². The SMILES string of the molecule is CCCCCCCCNC(C)CC(C)Br. The van der Waals surface area contributed by atoms with Gasteiger partial charge in [0, 0.05) is 10.9 Å². The molecule has 0 aliphatic rings. The monoisotopic (exact) mass is 277 g/mol. The molecule has 2 heteroatoms. The second-order valence-electron chi connectivity index (χ2n) is 4.64. The zero-order chi connectivity index (χ0) is 11.5. The third-order valence-corrected chi connectivity index (χ3v) is 3.08. The van der Waals surface area contributed by atoms with Crippen molar-refractivity contribution in [3.63, 3.8) is 0 Å². The Balaban J connectivity index is 3.09. The lowest BCUT2D eigenvalue weighted by molar-refractivity contribution is 0.492. The number of unbranched alkanes of at least 4 members (excludes halogenated alkanes) is 5. The van der Waals surface area contributed by atoms with Crippen molar-refractivity contribution in [1.82, 2.24) is 5.32 Å². The van der Waals surface area contributed by atoms with Crippen molar-refractivity contribution in [3.05, 3.63) is 0 Å². The summed E-state index contributed by atoms with van der Waals surface area (Å²) >= 11 is 3.59. The quantitative estimate of drug-likeness (QED) is 0.458. The molecule has 0 aliphatic carbocycles. The maximum atomic E-state index is 3.59. The molecule has 0 aromatic rings. The molecule has 0 saturated heterocycles. The number of hydrogen-bond donors (Lipinski definition) is 1.